The number of sulfonamides is 1. The maximum atomic E-state index is 12.2. The van der Waals surface area contributed by atoms with Crippen LogP contribution >= 0.6 is 0 Å². The summed E-state index contributed by atoms with van der Waals surface area (Å²) >= 11 is 0. The van der Waals surface area contributed by atoms with Gasteiger partial charge in [0.05, 0.1) is 4.90 Å². The third-order valence-electron chi connectivity index (χ3n) is 3.80. The summed E-state index contributed by atoms with van der Waals surface area (Å²) in [7, 11) is -3.37. The van der Waals surface area contributed by atoms with Gasteiger partial charge in [0, 0.05) is 12.6 Å². The van der Waals surface area contributed by atoms with Crippen molar-refractivity contribution in [2.24, 2.45) is 0 Å². The zero-order valence-electron chi connectivity index (χ0n) is 12.2. The number of nitrogens with one attached hydrogen (secondary N) is 2. The van der Waals surface area contributed by atoms with Gasteiger partial charge in [-0.05, 0) is 49.4 Å². The van der Waals surface area contributed by atoms with Gasteiger partial charge in [0.2, 0.25) is 10.0 Å². The molecule has 0 amide bonds. The van der Waals surface area contributed by atoms with E-state index in [1.165, 1.54) is 6.42 Å². The fraction of sp³-hybridized carbons (Fsp3) is 0.600. The van der Waals surface area contributed by atoms with Crippen LogP contribution in [0, 0.1) is 0 Å². The van der Waals surface area contributed by atoms with Crippen LogP contribution in [-0.4, -0.2) is 27.5 Å². The van der Waals surface area contributed by atoms with Gasteiger partial charge in [-0.25, -0.2) is 13.1 Å². The molecule has 1 fully saturated rings. The third kappa shape index (κ3) is 4.04. The lowest BCUT2D eigenvalue weighted by atomic mass is 10.0. The van der Waals surface area contributed by atoms with Crippen molar-refractivity contribution in [2.45, 2.75) is 50.0 Å². The van der Waals surface area contributed by atoms with E-state index in [-0.39, 0.29) is 0 Å². The van der Waals surface area contributed by atoms with Gasteiger partial charge in [0.1, 0.15) is 0 Å². The van der Waals surface area contributed by atoms with Gasteiger partial charge in [-0.15, -0.1) is 0 Å². The van der Waals surface area contributed by atoms with Crippen LogP contribution in [0.2, 0.25) is 0 Å². The molecule has 2 rings (SSSR count). The molecule has 1 aliphatic heterocycles. The summed E-state index contributed by atoms with van der Waals surface area (Å²) in [5.74, 6) is 0.410. The lowest BCUT2D eigenvalue weighted by Gasteiger charge is -2.12. The number of hydrogen-bond donors (Lipinski definition) is 2. The van der Waals surface area contributed by atoms with Crippen molar-refractivity contribution < 1.29 is 8.42 Å². The summed E-state index contributed by atoms with van der Waals surface area (Å²) in [5.41, 5.74) is 1.15. The summed E-state index contributed by atoms with van der Waals surface area (Å²) in [6, 6.07) is 7.60. The zero-order valence-corrected chi connectivity index (χ0v) is 13.0. The molecule has 0 unspecified atom stereocenters. The van der Waals surface area contributed by atoms with Crippen molar-refractivity contribution in [1.82, 2.24) is 10.0 Å². The van der Waals surface area contributed by atoms with E-state index >= 15 is 0 Å². The van der Waals surface area contributed by atoms with Crippen molar-refractivity contribution >= 4 is 10.0 Å². The molecule has 0 aliphatic carbocycles. The van der Waals surface area contributed by atoms with Gasteiger partial charge in [0.25, 0.3) is 0 Å². The Balaban J connectivity index is 1.91. The Hall–Kier alpha value is -0.910. The van der Waals surface area contributed by atoms with Gasteiger partial charge in [-0.2, -0.15) is 0 Å². The second kappa shape index (κ2) is 6.70. The van der Waals surface area contributed by atoms with E-state index in [4.69, 9.17) is 0 Å². The minimum Gasteiger partial charge on any atom is -0.314 e. The summed E-state index contributed by atoms with van der Waals surface area (Å²) < 4.78 is 27.0. The summed E-state index contributed by atoms with van der Waals surface area (Å²) in [6.45, 7) is 5.73. The number of hydrogen-bond acceptors (Lipinski definition) is 3. The normalized spacial score (nSPS) is 19.6. The van der Waals surface area contributed by atoms with Gasteiger partial charge < -0.3 is 5.32 Å². The quantitative estimate of drug-likeness (QED) is 0.846. The van der Waals surface area contributed by atoms with Crippen molar-refractivity contribution in [3.05, 3.63) is 29.8 Å². The Morgan fingerprint density at radius 2 is 2.00 bits per heavy atom. The molecule has 1 saturated heterocycles. The first-order valence-corrected chi connectivity index (χ1v) is 8.80. The number of rotatable bonds is 6. The molecule has 1 heterocycles. The van der Waals surface area contributed by atoms with Crippen LogP contribution in [0.5, 0.6) is 0 Å². The Morgan fingerprint density at radius 3 is 2.55 bits per heavy atom. The highest BCUT2D eigenvalue weighted by atomic mass is 32.2. The molecule has 1 aromatic carbocycles. The summed E-state index contributed by atoms with van der Waals surface area (Å²) in [5, 5.41) is 3.37. The van der Waals surface area contributed by atoms with E-state index < -0.39 is 10.0 Å². The maximum absolute atomic E-state index is 12.2. The lowest BCUT2D eigenvalue weighted by Crippen LogP contribution is -2.30. The minimum atomic E-state index is -3.37. The highest BCUT2D eigenvalue weighted by Crippen LogP contribution is 2.17. The maximum Gasteiger partial charge on any atom is 0.240 e. The minimum absolute atomic E-state index is 0.348. The molecule has 0 bridgehead atoms. The molecule has 5 heteroatoms. The van der Waals surface area contributed by atoms with Crippen molar-refractivity contribution in [2.75, 3.05) is 13.1 Å². The molecule has 112 valence electrons. The van der Waals surface area contributed by atoms with E-state index in [0.717, 1.165) is 24.9 Å². The fourth-order valence-corrected chi connectivity index (χ4v) is 3.53. The molecule has 1 aromatic rings. The molecule has 0 spiro atoms. The molecule has 20 heavy (non-hydrogen) atoms. The molecule has 0 saturated carbocycles. The highest BCUT2D eigenvalue weighted by Gasteiger charge is 2.17. The molecule has 1 atom stereocenters. The molecule has 0 aromatic heterocycles. The van der Waals surface area contributed by atoms with Crippen LogP contribution in [0.1, 0.15) is 44.6 Å². The Labute approximate surface area is 122 Å². The topological polar surface area (TPSA) is 58.2 Å². The van der Waals surface area contributed by atoms with Crippen LogP contribution in [0.3, 0.4) is 0 Å². The smallest absolute Gasteiger partial charge is 0.240 e. The van der Waals surface area contributed by atoms with E-state index in [9.17, 15) is 8.42 Å². The molecule has 2 N–H and O–H groups in total. The molecule has 4 nitrogen and oxygen atoms in total. The third-order valence-corrected chi connectivity index (χ3v) is 5.28. The predicted octanol–water partition coefficient (Wildman–Crippen LogP) is 2.23. The summed E-state index contributed by atoms with van der Waals surface area (Å²) in [4.78, 5) is 0.348. The van der Waals surface area contributed by atoms with Crippen LogP contribution in [0.15, 0.2) is 29.2 Å². The lowest BCUT2D eigenvalue weighted by molar-refractivity contribution is 0.539. The monoisotopic (exact) mass is 296 g/mol. The Morgan fingerprint density at radius 1 is 1.30 bits per heavy atom. The van der Waals surface area contributed by atoms with E-state index in [2.05, 4.69) is 23.9 Å². The van der Waals surface area contributed by atoms with E-state index in [0.29, 0.717) is 23.4 Å². The van der Waals surface area contributed by atoms with Crippen molar-refractivity contribution in [3.63, 3.8) is 0 Å². The first-order chi connectivity index (χ1) is 9.49. The molecule has 1 aliphatic rings. The average Bonchev–Trinajstić information content (AvgIpc) is 2.92. The Kier molecular flexibility index (Phi) is 5.18. The largest absolute Gasteiger partial charge is 0.314 e. The molecular weight excluding hydrogens is 272 g/mol. The Bertz CT molecular complexity index is 517. The number of benzene rings is 1. The fourth-order valence-electron chi connectivity index (χ4n) is 2.49. The standard InChI is InChI=1S/C15H24N2O2S/c1-12(2)13-5-7-15(8-6-13)20(18,19)17-11-9-14-4-3-10-16-14/h5-8,12,14,16-17H,3-4,9-11H2,1-2H3/t14-/m1/s1. The van der Waals surface area contributed by atoms with Gasteiger partial charge in [-0.1, -0.05) is 26.0 Å². The highest BCUT2D eigenvalue weighted by molar-refractivity contribution is 7.89. The van der Waals surface area contributed by atoms with Crippen molar-refractivity contribution in [1.29, 1.82) is 0 Å². The first-order valence-electron chi connectivity index (χ1n) is 7.32. The average molecular weight is 296 g/mol. The SMILES string of the molecule is CC(C)c1ccc(S(=O)(=O)NCC[C@H]2CCCN2)cc1. The van der Waals surface area contributed by atoms with Crippen LogP contribution in [0.4, 0.5) is 0 Å². The van der Waals surface area contributed by atoms with Crippen molar-refractivity contribution in [3.8, 4) is 0 Å². The second-order valence-electron chi connectivity index (χ2n) is 5.70. The summed E-state index contributed by atoms with van der Waals surface area (Å²) in [6.07, 6.45) is 3.18. The molecule has 0 radical (unpaired) electrons. The molecular formula is C15H24N2O2S. The first kappa shape index (κ1) is 15.5. The van der Waals surface area contributed by atoms with E-state index in [1.54, 1.807) is 12.1 Å². The van der Waals surface area contributed by atoms with E-state index in [1.807, 2.05) is 12.1 Å². The zero-order chi connectivity index (χ0) is 14.6. The van der Waals surface area contributed by atoms with Crippen LogP contribution < -0.4 is 10.0 Å². The van der Waals surface area contributed by atoms with Gasteiger partial charge >= 0.3 is 0 Å². The second-order valence-corrected chi connectivity index (χ2v) is 7.47. The van der Waals surface area contributed by atoms with Crippen LogP contribution in [-0.2, 0) is 10.0 Å². The predicted molar refractivity (Wildman–Crippen MR) is 81.4 cm³/mol. The van der Waals surface area contributed by atoms with Crippen LogP contribution in [0.25, 0.3) is 0 Å². The van der Waals surface area contributed by atoms with Gasteiger partial charge in [-0.3, -0.25) is 0 Å². The van der Waals surface area contributed by atoms with Gasteiger partial charge in [0.15, 0.2) is 0 Å².